The standard InChI is InChI=1S/C17H29NO/c1-7-15(8-2)19-16-10-9-14(12-18-16)11-17(5,6)13(3)4/h9-10,12-13,15H,7-8,11H2,1-6H3. The fourth-order valence-corrected chi connectivity index (χ4v) is 1.94. The maximum Gasteiger partial charge on any atom is 0.213 e. The van der Waals surface area contributed by atoms with Crippen LogP contribution in [0.15, 0.2) is 18.3 Å². The molecule has 0 aliphatic rings. The topological polar surface area (TPSA) is 22.1 Å². The molecule has 0 atom stereocenters. The van der Waals surface area contributed by atoms with E-state index in [1.165, 1.54) is 5.56 Å². The summed E-state index contributed by atoms with van der Waals surface area (Å²) in [5.41, 5.74) is 1.59. The van der Waals surface area contributed by atoms with Gasteiger partial charge in [-0.05, 0) is 36.2 Å². The van der Waals surface area contributed by atoms with E-state index in [4.69, 9.17) is 4.74 Å². The van der Waals surface area contributed by atoms with Crippen molar-refractivity contribution in [3.8, 4) is 5.88 Å². The van der Waals surface area contributed by atoms with Crippen molar-refractivity contribution in [1.29, 1.82) is 0 Å². The number of ether oxygens (including phenoxy) is 1. The smallest absolute Gasteiger partial charge is 0.213 e. The lowest BCUT2D eigenvalue weighted by atomic mass is 9.76. The highest BCUT2D eigenvalue weighted by Crippen LogP contribution is 2.30. The second-order valence-electron chi connectivity index (χ2n) is 6.38. The van der Waals surface area contributed by atoms with Gasteiger partial charge >= 0.3 is 0 Å². The molecule has 0 N–H and O–H groups in total. The average Bonchev–Trinajstić information content (AvgIpc) is 2.37. The van der Waals surface area contributed by atoms with E-state index >= 15 is 0 Å². The maximum atomic E-state index is 5.83. The lowest BCUT2D eigenvalue weighted by Crippen LogP contribution is -2.22. The Morgan fingerprint density at radius 1 is 1.16 bits per heavy atom. The monoisotopic (exact) mass is 263 g/mol. The Bertz CT molecular complexity index is 363. The molecular weight excluding hydrogens is 234 g/mol. The Morgan fingerprint density at radius 2 is 1.79 bits per heavy atom. The third-order valence-corrected chi connectivity index (χ3v) is 4.22. The number of pyridine rings is 1. The van der Waals surface area contributed by atoms with Crippen LogP contribution < -0.4 is 4.74 Å². The van der Waals surface area contributed by atoms with Crippen molar-refractivity contribution in [2.24, 2.45) is 11.3 Å². The van der Waals surface area contributed by atoms with Crippen molar-refractivity contribution in [1.82, 2.24) is 4.98 Å². The molecule has 0 saturated heterocycles. The van der Waals surface area contributed by atoms with Crippen molar-refractivity contribution in [2.75, 3.05) is 0 Å². The Labute approximate surface area is 118 Å². The number of rotatable bonds is 7. The van der Waals surface area contributed by atoms with Crippen LogP contribution in [-0.4, -0.2) is 11.1 Å². The summed E-state index contributed by atoms with van der Waals surface area (Å²) in [6.45, 7) is 13.5. The van der Waals surface area contributed by atoms with Crippen molar-refractivity contribution < 1.29 is 4.74 Å². The molecule has 0 radical (unpaired) electrons. The van der Waals surface area contributed by atoms with Crippen molar-refractivity contribution in [3.05, 3.63) is 23.9 Å². The van der Waals surface area contributed by atoms with Crippen LogP contribution in [0.5, 0.6) is 5.88 Å². The molecule has 1 aromatic rings. The Hall–Kier alpha value is -1.05. The predicted octanol–water partition coefficient (Wildman–Crippen LogP) is 4.87. The van der Waals surface area contributed by atoms with E-state index in [-0.39, 0.29) is 6.10 Å². The molecule has 0 unspecified atom stereocenters. The fourth-order valence-electron chi connectivity index (χ4n) is 1.94. The normalized spacial score (nSPS) is 12.2. The summed E-state index contributed by atoms with van der Waals surface area (Å²) in [4.78, 5) is 4.44. The SMILES string of the molecule is CCC(CC)Oc1ccc(CC(C)(C)C(C)C)cn1. The van der Waals surface area contributed by atoms with Crippen molar-refractivity contribution >= 4 is 0 Å². The fraction of sp³-hybridized carbons (Fsp3) is 0.706. The molecule has 0 aliphatic heterocycles. The largest absolute Gasteiger partial charge is 0.474 e. The molecular formula is C17H29NO. The van der Waals surface area contributed by atoms with Gasteiger partial charge in [0, 0.05) is 12.3 Å². The highest BCUT2D eigenvalue weighted by molar-refractivity contribution is 5.19. The third kappa shape index (κ3) is 4.85. The van der Waals surface area contributed by atoms with Gasteiger partial charge in [0.05, 0.1) is 6.10 Å². The van der Waals surface area contributed by atoms with Crippen LogP contribution in [0.1, 0.15) is 59.9 Å². The minimum absolute atomic E-state index is 0.283. The highest BCUT2D eigenvalue weighted by Gasteiger charge is 2.22. The van der Waals surface area contributed by atoms with E-state index in [9.17, 15) is 0 Å². The molecule has 0 aliphatic carbocycles. The van der Waals surface area contributed by atoms with Crippen LogP contribution in [0, 0.1) is 11.3 Å². The average molecular weight is 263 g/mol. The Morgan fingerprint density at radius 3 is 2.21 bits per heavy atom. The van der Waals surface area contributed by atoms with E-state index in [0.29, 0.717) is 11.3 Å². The van der Waals surface area contributed by atoms with Gasteiger partial charge in [-0.15, -0.1) is 0 Å². The van der Waals surface area contributed by atoms with Gasteiger partial charge in [-0.2, -0.15) is 0 Å². The van der Waals surface area contributed by atoms with E-state index in [0.717, 1.165) is 25.1 Å². The molecule has 108 valence electrons. The summed E-state index contributed by atoms with van der Waals surface area (Å²) in [5.74, 6) is 1.41. The summed E-state index contributed by atoms with van der Waals surface area (Å²) in [6, 6.07) is 4.15. The molecule has 0 spiro atoms. The maximum absolute atomic E-state index is 5.83. The first kappa shape index (κ1) is 16.0. The molecule has 0 bridgehead atoms. The van der Waals surface area contributed by atoms with E-state index in [2.05, 4.69) is 52.6 Å². The molecule has 0 saturated carbocycles. The van der Waals surface area contributed by atoms with Gasteiger partial charge in [0.1, 0.15) is 0 Å². The zero-order valence-corrected chi connectivity index (χ0v) is 13.4. The number of hydrogen-bond donors (Lipinski definition) is 0. The summed E-state index contributed by atoms with van der Waals surface area (Å²) in [7, 11) is 0. The summed E-state index contributed by atoms with van der Waals surface area (Å²) >= 11 is 0. The molecule has 19 heavy (non-hydrogen) atoms. The van der Waals surface area contributed by atoms with E-state index < -0.39 is 0 Å². The van der Waals surface area contributed by atoms with Crippen LogP contribution in [0.3, 0.4) is 0 Å². The van der Waals surface area contributed by atoms with Crippen LogP contribution >= 0.6 is 0 Å². The van der Waals surface area contributed by atoms with Crippen LogP contribution in [0.25, 0.3) is 0 Å². The number of aromatic nitrogens is 1. The van der Waals surface area contributed by atoms with E-state index in [1.54, 1.807) is 0 Å². The quantitative estimate of drug-likeness (QED) is 0.700. The summed E-state index contributed by atoms with van der Waals surface area (Å²) < 4.78 is 5.83. The molecule has 1 aromatic heterocycles. The molecule has 0 amide bonds. The van der Waals surface area contributed by atoms with Crippen molar-refractivity contribution in [3.63, 3.8) is 0 Å². The lowest BCUT2D eigenvalue weighted by molar-refractivity contribution is 0.184. The minimum atomic E-state index is 0.283. The second kappa shape index (κ2) is 6.93. The van der Waals surface area contributed by atoms with Crippen LogP contribution in [0.2, 0.25) is 0 Å². The van der Waals surface area contributed by atoms with E-state index in [1.807, 2.05) is 12.3 Å². The summed E-state index contributed by atoms with van der Waals surface area (Å²) in [5, 5.41) is 0. The zero-order chi connectivity index (χ0) is 14.5. The predicted molar refractivity (Wildman–Crippen MR) is 81.6 cm³/mol. The molecule has 2 nitrogen and oxygen atoms in total. The first-order valence-corrected chi connectivity index (χ1v) is 7.50. The Balaban J connectivity index is 2.66. The van der Waals surface area contributed by atoms with Gasteiger partial charge in [0.15, 0.2) is 0 Å². The highest BCUT2D eigenvalue weighted by atomic mass is 16.5. The van der Waals surface area contributed by atoms with Gasteiger partial charge in [-0.1, -0.05) is 47.6 Å². The molecule has 0 fully saturated rings. The Kier molecular flexibility index (Phi) is 5.84. The molecule has 1 heterocycles. The number of hydrogen-bond acceptors (Lipinski definition) is 2. The van der Waals surface area contributed by atoms with Crippen LogP contribution in [0.4, 0.5) is 0 Å². The van der Waals surface area contributed by atoms with Gasteiger partial charge in [-0.25, -0.2) is 4.98 Å². The summed E-state index contributed by atoms with van der Waals surface area (Å²) in [6.07, 6.45) is 5.36. The number of nitrogens with zero attached hydrogens (tertiary/aromatic N) is 1. The minimum Gasteiger partial charge on any atom is -0.474 e. The first-order valence-electron chi connectivity index (χ1n) is 7.50. The molecule has 2 heteroatoms. The lowest BCUT2D eigenvalue weighted by Gasteiger charge is -2.29. The van der Waals surface area contributed by atoms with Gasteiger partial charge < -0.3 is 4.74 Å². The van der Waals surface area contributed by atoms with Crippen LogP contribution in [-0.2, 0) is 6.42 Å². The second-order valence-corrected chi connectivity index (χ2v) is 6.38. The van der Waals surface area contributed by atoms with Gasteiger partial charge in [0.25, 0.3) is 0 Å². The molecule has 1 rings (SSSR count). The van der Waals surface area contributed by atoms with Gasteiger partial charge in [0.2, 0.25) is 5.88 Å². The molecule has 0 aromatic carbocycles. The van der Waals surface area contributed by atoms with Crippen molar-refractivity contribution in [2.45, 2.75) is 66.9 Å². The van der Waals surface area contributed by atoms with Gasteiger partial charge in [-0.3, -0.25) is 0 Å². The zero-order valence-electron chi connectivity index (χ0n) is 13.4. The first-order chi connectivity index (χ1) is 8.89. The third-order valence-electron chi connectivity index (χ3n) is 4.22.